The van der Waals surface area contributed by atoms with Crippen molar-refractivity contribution in [2.75, 3.05) is 0 Å². The van der Waals surface area contributed by atoms with Gasteiger partial charge >= 0.3 is 0 Å². The third-order valence-corrected chi connectivity index (χ3v) is 1.94. The van der Waals surface area contributed by atoms with E-state index in [9.17, 15) is 0 Å². The lowest BCUT2D eigenvalue weighted by atomic mass is 10.00. The molecule has 0 fully saturated rings. The van der Waals surface area contributed by atoms with E-state index in [1.165, 1.54) is 24.0 Å². The molecule has 0 nitrogen and oxygen atoms in total. The molecule has 0 radical (unpaired) electrons. The van der Waals surface area contributed by atoms with Crippen molar-refractivity contribution < 1.29 is 0 Å². The zero-order chi connectivity index (χ0) is 9.40. The fourth-order valence-corrected chi connectivity index (χ4v) is 1.33. The highest BCUT2D eigenvalue weighted by Crippen LogP contribution is 2.17. The molecule has 12 heavy (non-hydrogen) atoms. The quantitative estimate of drug-likeness (QED) is 0.515. The summed E-state index contributed by atoms with van der Waals surface area (Å²) in [7, 11) is 0. The van der Waals surface area contributed by atoms with E-state index in [-0.39, 0.29) is 0 Å². The van der Waals surface area contributed by atoms with Crippen LogP contribution >= 0.6 is 0 Å². The summed E-state index contributed by atoms with van der Waals surface area (Å²) in [6, 6.07) is 0. The molecule has 0 atom stereocenters. The van der Waals surface area contributed by atoms with Crippen molar-refractivity contribution in [3.05, 3.63) is 36.5 Å². The Balaban J connectivity index is 4.48. The van der Waals surface area contributed by atoms with Gasteiger partial charge in [0.15, 0.2) is 0 Å². The smallest absolute Gasteiger partial charge is 0.0279 e. The minimum atomic E-state index is 1.13. The van der Waals surface area contributed by atoms with Crippen LogP contribution in [-0.4, -0.2) is 0 Å². The maximum absolute atomic E-state index is 3.83. The van der Waals surface area contributed by atoms with Gasteiger partial charge in [-0.05, 0) is 24.0 Å². The van der Waals surface area contributed by atoms with Gasteiger partial charge in [-0.15, -0.1) is 0 Å². The second kappa shape index (κ2) is 6.90. The standard InChI is InChI=1S/C12H20/c1-5-9-11(7-3)12(8-4)10-6-2/h7-8H,3-6,9-10H2,1-2H3. The average molecular weight is 164 g/mol. The Morgan fingerprint density at radius 1 is 0.917 bits per heavy atom. The second-order valence-corrected chi connectivity index (χ2v) is 2.96. The van der Waals surface area contributed by atoms with Gasteiger partial charge in [-0.1, -0.05) is 52.0 Å². The van der Waals surface area contributed by atoms with Gasteiger partial charge in [0.2, 0.25) is 0 Å². The Hall–Kier alpha value is -0.780. The molecule has 0 aliphatic carbocycles. The summed E-state index contributed by atoms with van der Waals surface area (Å²) in [5.41, 5.74) is 2.74. The molecule has 0 aromatic rings. The van der Waals surface area contributed by atoms with E-state index in [1.54, 1.807) is 0 Å². The van der Waals surface area contributed by atoms with Crippen molar-refractivity contribution in [2.24, 2.45) is 0 Å². The van der Waals surface area contributed by atoms with Crippen LogP contribution in [0.5, 0.6) is 0 Å². The number of hydrogen-bond acceptors (Lipinski definition) is 0. The van der Waals surface area contributed by atoms with Gasteiger partial charge < -0.3 is 0 Å². The summed E-state index contributed by atoms with van der Waals surface area (Å²) >= 11 is 0. The molecule has 0 aliphatic rings. The van der Waals surface area contributed by atoms with Crippen LogP contribution in [0.25, 0.3) is 0 Å². The number of hydrogen-bond donors (Lipinski definition) is 0. The fraction of sp³-hybridized carbons (Fsp3) is 0.500. The summed E-state index contributed by atoms with van der Waals surface area (Å²) in [5, 5.41) is 0. The molecule has 0 bridgehead atoms. The molecule has 0 spiro atoms. The minimum absolute atomic E-state index is 1.13. The highest BCUT2D eigenvalue weighted by molar-refractivity contribution is 5.31. The Morgan fingerprint density at radius 2 is 1.25 bits per heavy atom. The second-order valence-electron chi connectivity index (χ2n) is 2.96. The Kier molecular flexibility index (Phi) is 6.45. The summed E-state index contributed by atoms with van der Waals surface area (Å²) < 4.78 is 0. The Labute approximate surface area is 76.7 Å². The van der Waals surface area contributed by atoms with Gasteiger partial charge in [-0.25, -0.2) is 0 Å². The summed E-state index contributed by atoms with van der Waals surface area (Å²) in [5.74, 6) is 0. The molecule has 0 aromatic carbocycles. The molecule has 0 aliphatic heterocycles. The molecule has 0 heterocycles. The topological polar surface area (TPSA) is 0 Å². The van der Waals surface area contributed by atoms with E-state index < -0.39 is 0 Å². The maximum Gasteiger partial charge on any atom is -0.0279 e. The lowest BCUT2D eigenvalue weighted by Gasteiger charge is -2.06. The van der Waals surface area contributed by atoms with Crippen LogP contribution in [0.4, 0.5) is 0 Å². The molecule has 0 rings (SSSR count). The monoisotopic (exact) mass is 164 g/mol. The Morgan fingerprint density at radius 3 is 1.42 bits per heavy atom. The zero-order valence-electron chi connectivity index (χ0n) is 8.40. The van der Waals surface area contributed by atoms with Gasteiger partial charge in [-0.3, -0.25) is 0 Å². The number of allylic oxidation sites excluding steroid dienone is 4. The van der Waals surface area contributed by atoms with Crippen LogP contribution in [0, 0.1) is 0 Å². The van der Waals surface area contributed by atoms with E-state index in [0.29, 0.717) is 0 Å². The first-order chi connectivity index (χ1) is 5.79. The van der Waals surface area contributed by atoms with E-state index in [4.69, 9.17) is 0 Å². The molecule has 0 saturated carbocycles. The molecule has 0 N–H and O–H groups in total. The highest BCUT2D eigenvalue weighted by atomic mass is 14.0. The van der Waals surface area contributed by atoms with Crippen molar-refractivity contribution >= 4 is 0 Å². The molecule has 0 saturated heterocycles. The van der Waals surface area contributed by atoms with E-state index in [2.05, 4.69) is 27.0 Å². The third-order valence-electron chi connectivity index (χ3n) is 1.94. The van der Waals surface area contributed by atoms with Gasteiger partial charge in [0.25, 0.3) is 0 Å². The summed E-state index contributed by atoms with van der Waals surface area (Å²) in [6.07, 6.45) is 8.56. The van der Waals surface area contributed by atoms with Gasteiger partial charge in [-0.2, -0.15) is 0 Å². The molecule has 0 aromatic heterocycles. The van der Waals surface area contributed by atoms with Gasteiger partial charge in [0.1, 0.15) is 0 Å². The van der Waals surface area contributed by atoms with E-state index in [1.807, 2.05) is 12.2 Å². The molecule has 68 valence electrons. The predicted octanol–water partition coefficient (Wildman–Crippen LogP) is 4.26. The first-order valence-electron chi connectivity index (χ1n) is 4.77. The van der Waals surface area contributed by atoms with Gasteiger partial charge in [0, 0.05) is 0 Å². The molecular weight excluding hydrogens is 144 g/mol. The summed E-state index contributed by atoms with van der Waals surface area (Å²) in [6.45, 7) is 12.0. The van der Waals surface area contributed by atoms with Crippen LogP contribution in [-0.2, 0) is 0 Å². The maximum atomic E-state index is 3.83. The molecular formula is C12H20. The van der Waals surface area contributed by atoms with E-state index in [0.717, 1.165) is 12.8 Å². The minimum Gasteiger partial charge on any atom is -0.0988 e. The fourth-order valence-electron chi connectivity index (χ4n) is 1.33. The van der Waals surface area contributed by atoms with Crippen LogP contribution in [0.2, 0.25) is 0 Å². The zero-order valence-corrected chi connectivity index (χ0v) is 8.40. The first-order valence-corrected chi connectivity index (χ1v) is 4.77. The average Bonchev–Trinajstić information content (AvgIpc) is 2.11. The number of rotatable bonds is 6. The van der Waals surface area contributed by atoms with Crippen molar-refractivity contribution in [3.63, 3.8) is 0 Å². The Bertz CT molecular complexity index is 152. The van der Waals surface area contributed by atoms with Crippen LogP contribution in [0.3, 0.4) is 0 Å². The van der Waals surface area contributed by atoms with Crippen LogP contribution in [0.15, 0.2) is 36.5 Å². The van der Waals surface area contributed by atoms with Crippen LogP contribution in [0.1, 0.15) is 39.5 Å². The van der Waals surface area contributed by atoms with E-state index >= 15 is 0 Å². The first kappa shape index (κ1) is 11.2. The van der Waals surface area contributed by atoms with Crippen molar-refractivity contribution in [1.29, 1.82) is 0 Å². The van der Waals surface area contributed by atoms with Gasteiger partial charge in [0.05, 0.1) is 0 Å². The largest absolute Gasteiger partial charge is 0.0988 e. The molecule has 0 amide bonds. The van der Waals surface area contributed by atoms with Crippen LogP contribution < -0.4 is 0 Å². The lowest BCUT2D eigenvalue weighted by molar-refractivity contribution is 0.870. The molecule has 0 unspecified atom stereocenters. The summed E-state index contributed by atoms with van der Waals surface area (Å²) in [4.78, 5) is 0. The predicted molar refractivity (Wildman–Crippen MR) is 57.2 cm³/mol. The highest BCUT2D eigenvalue weighted by Gasteiger charge is 1.97. The SMILES string of the molecule is C=CC(CCC)=C(C=C)CCC. The van der Waals surface area contributed by atoms with Crippen molar-refractivity contribution in [1.82, 2.24) is 0 Å². The lowest BCUT2D eigenvalue weighted by Crippen LogP contribution is -1.86. The van der Waals surface area contributed by atoms with Crippen molar-refractivity contribution in [3.8, 4) is 0 Å². The normalized spacial score (nSPS) is 12.2. The molecule has 0 heteroatoms. The third kappa shape index (κ3) is 3.56. The van der Waals surface area contributed by atoms with Crippen molar-refractivity contribution in [2.45, 2.75) is 39.5 Å².